The third-order valence-electron chi connectivity index (χ3n) is 6.54. The van der Waals surface area contributed by atoms with E-state index in [-0.39, 0.29) is 23.2 Å². The standard InChI is InChI=1S/C28H26F3N7O4S/c29-28(30,31)22-6-8-32-27(35-22)38-11-9-37(10-12-38)23-14-20(33-24(36-23)19-7-13-42-15-19)25(39)34-21(26(40)41)17-43-16-18-4-2-1-3-5-18/h1-8,13-15,21H,9-12,16-17H2,(H,34,39)(H,40,41). The van der Waals surface area contributed by atoms with Gasteiger partial charge in [0, 0.05) is 49.9 Å². The molecule has 43 heavy (non-hydrogen) atoms. The van der Waals surface area contributed by atoms with Gasteiger partial charge in [-0.2, -0.15) is 24.9 Å². The van der Waals surface area contributed by atoms with Crippen LogP contribution in [0.15, 0.2) is 71.7 Å². The van der Waals surface area contributed by atoms with Gasteiger partial charge in [0.2, 0.25) is 5.95 Å². The van der Waals surface area contributed by atoms with E-state index in [0.29, 0.717) is 43.3 Å². The number of nitrogens with zero attached hydrogens (tertiary/aromatic N) is 6. The maximum absolute atomic E-state index is 13.3. The van der Waals surface area contributed by atoms with Gasteiger partial charge in [-0.05, 0) is 17.7 Å². The number of carboxylic acids is 1. The van der Waals surface area contributed by atoms with Crippen LogP contribution >= 0.6 is 11.8 Å². The van der Waals surface area contributed by atoms with Crippen LogP contribution in [0, 0.1) is 0 Å². The fourth-order valence-electron chi connectivity index (χ4n) is 4.30. The first-order valence-electron chi connectivity index (χ1n) is 13.1. The number of carbonyl (C=O) groups excluding carboxylic acids is 1. The molecule has 1 aliphatic rings. The first-order valence-corrected chi connectivity index (χ1v) is 14.3. The third-order valence-corrected chi connectivity index (χ3v) is 7.65. The minimum Gasteiger partial charge on any atom is -0.480 e. The average molecular weight is 614 g/mol. The number of anilines is 2. The molecular formula is C28H26F3N7O4S. The molecule has 0 radical (unpaired) electrons. The van der Waals surface area contributed by atoms with E-state index in [1.54, 1.807) is 11.0 Å². The van der Waals surface area contributed by atoms with Gasteiger partial charge in [0.1, 0.15) is 29.5 Å². The summed E-state index contributed by atoms with van der Waals surface area (Å²) in [7, 11) is 0. The Bertz CT molecular complexity index is 1550. The van der Waals surface area contributed by atoms with Gasteiger partial charge in [-0.3, -0.25) is 4.79 Å². The normalized spacial score (nSPS) is 14.4. The highest BCUT2D eigenvalue weighted by molar-refractivity contribution is 7.98. The monoisotopic (exact) mass is 613 g/mol. The number of carbonyl (C=O) groups is 2. The number of thioether (sulfide) groups is 1. The van der Waals surface area contributed by atoms with Gasteiger partial charge >= 0.3 is 12.1 Å². The second kappa shape index (κ2) is 13.1. The molecule has 1 fully saturated rings. The van der Waals surface area contributed by atoms with E-state index in [1.807, 2.05) is 35.2 Å². The van der Waals surface area contributed by atoms with Crippen molar-refractivity contribution in [1.29, 1.82) is 0 Å². The fourth-order valence-corrected chi connectivity index (χ4v) is 5.31. The van der Waals surface area contributed by atoms with Crippen LogP contribution in [0.5, 0.6) is 0 Å². The van der Waals surface area contributed by atoms with Crippen molar-refractivity contribution in [3.63, 3.8) is 0 Å². The van der Waals surface area contributed by atoms with Crippen molar-refractivity contribution in [3.05, 3.63) is 84.2 Å². The number of halogens is 3. The van der Waals surface area contributed by atoms with Crippen LogP contribution in [-0.2, 0) is 16.7 Å². The van der Waals surface area contributed by atoms with Gasteiger partial charge in [0.05, 0.1) is 11.8 Å². The molecule has 1 aromatic carbocycles. The number of benzene rings is 1. The summed E-state index contributed by atoms with van der Waals surface area (Å²) >= 11 is 1.38. The van der Waals surface area contributed by atoms with Crippen LogP contribution in [0.3, 0.4) is 0 Å². The number of aromatic nitrogens is 4. The molecule has 0 aliphatic carbocycles. The van der Waals surface area contributed by atoms with Gasteiger partial charge in [-0.25, -0.2) is 24.7 Å². The van der Waals surface area contributed by atoms with Crippen molar-refractivity contribution in [2.45, 2.75) is 18.0 Å². The molecule has 0 saturated carbocycles. The lowest BCUT2D eigenvalue weighted by atomic mass is 10.2. The number of aliphatic carboxylic acids is 1. The molecule has 1 aliphatic heterocycles. The number of amides is 1. The Balaban J connectivity index is 1.30. The van der Waals surface area contributed by atoms with Gasteiger partial charge in [-0.15, -0.1) is 0 Å². The highest BCUT2D eigenvalue weighted by atomic mass is 32.2. The van der Waals surface area contributed by atoms with Crippen LogP contribution in [0.25, 0.3) is 11.4 Å². The molecule has 0 spiro atoms. The summed E-state index contributed by atoms with van der Waals surface area (Å²) in [6.45, 7) is 1.29. The predicted octanol–water partition coefficient (Wildman–Crippen LogP) is 3.99. The van der Waals surface area contributed by atoms with Crippen molar-refractivity contribution in [2.75, 3.05) is 41.7 Å². The summed E-state index contributed by atoms with van der Waals surface area (Å²) in [5, 5.41) is 12.3. The number of furan rings is 1. The number of carboxylic acid groups (broad SMARTS) is 1. The Labute approximate surface area is 248 Å². The van der Waals surface area contributed by atoms with E-state index in [1.165, 1.54) is 30.4 Å². The molecule has 4 aromatic rings. The summed E-state index contributed by atoms with van der Waals surface area (Å²) in [4.78, 5) is 45.3. The van der Waals surface area contributed by atoms with Crippen molar-refractivity contribution < 1.29 is 32.3 Å². The Hall–Kier alpha value is -4.66. The second-order valence-electron chi connectivity index (χ2n) is 9.53. The number of hydrogen-bond acceptors (Lipinski definition) is 10. The predicted molar refractivity (Wildman–Crippen MR) is 153 cm³/mol. The van der Waals surface area contributed by atoms with Gasteiger partial charge in [-0.1, -0.05) is 30.3 Å². The first kappa shape index (κ1) is 29.8. The molecule has 2 N–H and O–H groups in total. The molecule has 3 aromatic heterocycles. The molecule has 0 bridgehead atoms. The number of alkyl halides is 3. The van der Waals surface area contributed by atoms with E-state index >= 15 is 0 Å². The number of rotatable bonds is 10. The second-order valence-corrected chi connectivity index (χ2v) is 10.6. The van der Waals surface area contributed by atoms with Crippen LogP contribution in [0.1, 0.15) is 21.7 Å². The summed E-state index contributed by atoms with van der Waals surface area (Å²) in [6.07, 6.45) is -0.650. The van der Waals surface area contributed by atoms with Crippen LogP contribution in [0.2, 0.25) is 0 Å². The van der Waals surface area contributed by atoms with Gasteiger partial charge < -0.3 is 24.6 Å². The zero-order valence-electron chi connectivity index (χ0n) is 22.6. The quantitative estimate of drug-likeness (QED) is 0.269. The SMILES string of the molecule is O=C(NC(CSCc1ccccc1)C(=O)O)c1cc(N2CCN(c3nccc(C(F)(F)F)n3)CC2)nc(-c2ccoc2)n1. The lowest BCUT2D eigenvalue weighted by Crippen LogP contribution is -2.47. The Morgan fingerprint density at radius 3 is 2.44 bits per heavy atom. The zero-order chi connectivity index (χ0) is 30.4. The Morgan fingerprint density at radius 2 is 1.77 bits per heavy atom. The smallest absolute Gasteiger partial charge is 0.433 e. The number of hydrogen-bond donors (Lipinski definition) is 2. The molecule has 1 unspecified atom stereocenters. The Kier molecular flexibility index (Phi) is 9.09. The van der Waals surface area contributed by atoms with E-state index in [9.17, 15) is 27.9 Å². The minimum absolute atomic E-state index is 0.0267. The number of piperazine rings is 1. The summed E-state index contributed by atoms with van der Waals surface area (Å²) in [6, 6.07) is 12.3. The fraction of sp³-hybridized carbons (Fsp3) is 0.286. The van der Waals surface area contributed by atoms with E-state index in [0.717, 1.165) is 17.8 Å². The van der Waals surface area contributed by atoms with Crippen LogP contribution < -0.4 is 15.1 Å². The molecular weight excluding hydrogens is 587 g/mol. The summed E-state index contributed by atoms with van der Waals surface area (Å²) in [5.74, 6) is -0.566. The number of nitrogens with one attached hydrogen (secondary N) is 1. The van der Waals surface area contributed by atoms with E-state index in [2.05, 4.69) is 25.3 Å². The highest BCUT2D eigenvalue weighted by Gasteiger charge is 2.33. The highest BCUT2D eigenvalue weighted by Crippen LogP contribution is 2.29. The molecule has 1 saturated heterocycles. The van der Waals surface area contributed by atoms with Crippen LogP contribution in [0.4, 0.5) is 24.9 Å². The van der Waals surface area contributed by atoms with Gasteiger partial charge in [0.15, 0.2) is 5.82 Å². The van der Waals surface area contributed by atoms with Crippen LogP contribution in [-0.4, -0.2) is 74.9 Å². The molecule has 1 atom stereocenters. The minimum atomic E-state index is -4.58. The van der Waals surface area contributed by atoms with Gasteiger partial charge in [0.25, 0.3) is 5.91 Å². The molecule has 224 valence electrons. The maximum Gasteiger partial charge on any atom is 0.433 e. The molecule has 11 nitrogen and oxygen atoms in total. The maximum atomic E-state index is 13.3. The zero-order valence-corrected chi connectivity index (χ0v) is 23.4. The lowest BCUT2D eigenvalue weighted by molar-refractivity contribution is -0.141. The van der Waals surface area contributed by atoms with Crippen molar-refractivity contribution in [2.24, 2.45) is 0 Å². The van der Waals surface area contributed by atoms with Crippen molar-refractivity contribution in [3.8, 4) is 11.4 Å². The van der Waals surface area contributed by atoms with E-state index < -0.39 is 29.8 Å². The molecule has 15 heteroatoms. The Morgan fingerprint density at radius 1 is 1.02 bits per heavy atom. The van der Waals surface area contributed by atoms with Crippen molar-refractivity contribution in [1.82, 2.24) is 25.3 Å². The third kappa shape index (κ3) is 7.60. The molecule has 5 rings (SSSR count). The first-order chi connectivity index (χ1) is 20.7. The lowest BCUT2D eigenvalue weighted by Gasteiger charge is -2.35. The summed E-state index contributed by atoms with van der Waals surface area (Å²) in [5.41, 5.74) is 0.492. The van der Waals surface area contributed by atoms with E-state index in [4.69, 9.17) is 4.42 Å². The topological polar surface area (TPSA) is 138 Å². The largest absolute Gasteiger partial charge is 0.480 e. The molecule has 1 amide bonds. The average Bonchev–Trinajstić information content (AvgIpc) is 3.56. The molecule has 4 heterocycles. The summed E-state index contributed by atoms with van der Waals surface area (Å²) < 4.78 is 44.5. The van der Waals surface area contributed by atoms with Crippen molar-refractivity contribution >= 4 is 35.4 Å².